The Morgan fingerprint density at radius 1 is 1.21 bits per heavy atom. The molecule has 0 aliphatic carbocycles. The highest BCUT2D eigenvalue weighted by Gasteiger charge is 2.20. The maximum Gasteiger partial charge on any atom is 0.271 e. The third-order valence-electron chi connectivity index (χ3n) is 3.55. The van der Waals surface area contributed by atoms with Crippen LogP contribution in [0.5, 0.6) is 0 Å². The molecule has 0 saturated carbocycles. The van der Waals surface area contributed by atoms with Gasteiger partial charge in [-0.1, -0.05) is 23.7 Å². The lowest BCUT2D eigenvalue weighted by atomic mass is 10.0. The zero-order valence-corrected chi connectivity index (χ0v) is 13.2. The number of nitrogens with one attached hydrogen (secondary N) is 2. The van der Waals surface area contributed by atoms with Gasteiger partial charge in [0.1, 0.15) is 17.7 Å². The summed E-state index contributed by atoms with van der Waals surface area (Å²) in [5.41, 5.74) is 6.82. The molecule has 0 spiro atoms. The first-order valence-corrected chi connectivity index (χ1v) is 7.55. The lowest BCUT2D eigenvalue weighted by molar-refractivity contribution is -0.118. The van der Waals surface area contributed by atoms with E-state index in [4.69, 9.17) is 17.3 Å². The number of hydrogen-bond donors (Lipinski definition) is 3. The maximum absolute atomic E-state index is 12.6. The molecule has 0 bridgehead atoms. The fourth-order valence-electron chi connectivity index (χ4n) is 2.43. The quantitative estimate of drug-likeness (QED) is 0.657. The van der Waals surface area contributed by atoms with E-state index in [1.165, 1.54) is 6.33 Å². The summed E-state index contributed by atoms with van der Waals surface area (Å²) in [5, 5.41) is 3.96. The molecule has 8 heteroatoms. The van der Waals surface area contributed by atoms with E-state index >= 15 is 0 Å². The van der Waals surface area contributed by atoms with Crippen LogP contribution >= 0.6 is 11.6 Å². The number of halogens is 1. The molecule has 1 atom stereocenters. The van der Waals surface area contributed by atoms with Crippen molar-refractivity contribution < 1.29 is 9.59 Å². The van der Waals surface area contributed by atoms with E-state index in [-0.39, 0.29) is 12.1 Å². The molecule has 122 valence electrons. The van der Waals surface area contributed by atoms with E-state index in [0.29, 0.717) is 16.1 Å². The largest absolute Gasteiger partial charge is 0.370 e. The van der Waals surface area contributed by atoms with Crippen molar-refractivity contribution in [2.45, 2.75) is 12.5 Å². The smallest absolute Gasteiger partial charge is 0.271 e. The van der Waals surface area contributed by atoms with Crippen molar-refractivity contribution in [2.24, 2.45) is 5.73 Å². The summed E-state index contributed by atoms with van der Waals surface area (Å²) in [7, 11) is 0. The monoisotopic (exact) mass is 343 g/mol. The van der Waals surface area contributed by atoms with Gasteiger partial charge in [0.2, 0.25) is 5.91 Å². The maximum atomic E-state index is 12.6. The molecule has 0 aliphatic heterocycles. The van der Waals surface area contributed by atoms with Crippen molar-refractivity contribution in [1.29, 1.82) is 0 Å². The van der Waals surface area contributed by atoms with Crippen LogP contribution in [0.15, 0.2) is 42.9 Å². The summed E-state index contributed by atoms with van der Waals surface area (Å²) in [4.78, 5) is 34.9. The Balaban J connectivity index is 1.89. The van der Waals surface area contributed by atoms with Gasteiger partial charge in [-0.2, -0.15) is 0 Å². The number of hydrogen-bond acceptors (Lipinski definition) is 4. The van der Waals surface area contributed by atoms with Gasteiger partial charge in [-0.3, -0.25) is 9.59 Å². The highest BCUT2D eigenvalue weighted by atomic mass is 35.5. The number of primary amides is 1. The standard InChI is InChI=1S/C16H14ClN5O2/c17-10-3-1-9(2-4-10)12(7-13(18)23)22-16(24)14-11-5-6-19-15(11)21-8-20-14/h1-6,8,12H,7H2,(H2,18,23)(H,22,24)(H,19,20,21)/t12-/m0/s1. The molecule has 1 aromatic carbocycles. The third-order valence-corrected chi connectivity index (χ3v) is 3.80. The number of amides is 2. The topological polar surface area (TPSA) is 114 Å². The third kappa shape index (κ3) is 3.36. The summed E-state index contributed by atoms with van der Waals surface area (Å²) in [5.74, 6) is -0.937. The van der Waals surface area contributed by atoms with E-state index < -0.39 is 17.9 Å². The van der Waals surface area contributed by atoms with Gasteiger partial charge in [0.05, 0.1) is 17.8 Å². The molecule has 0 aliphatic rings. The number of aromatic nitrogens is 3. The van der Waals surface area contributed by atoms with Crippen LogP contribution in [0.25, 0.3) is 11.0 Å². The Bertz CT molecular complexity index is 891. The van der Waals surface area contributed by atoms with Gasteiger partial charge in [-0.05, 0) is 23.8 Å². The van der Waals surface area contributed by atoms with Gasteiger partial charge >= 0.3 is 0 Å². The molecule has 3 aromatic rings. The van der Waals surface area contributed by atoms with Gasteiger partial charge in [-0.25, -0.2) is 9.97 Å². The van der Waals surface area contributed by atoms with E-state index in [9.17, 15) is 9.59 Å². The molecular formula is C16H14ClN5O2. The number of benzene rings is 1. The number of fused-ring (bicyclic) bond motifs is 1. The van der Waals surface area contributed by atoms with Crippen LogP contribution in [0.1, 0.15) is 28.5 Å². The molecule has 2 amide bonds. The van der Waals surface area contributed by atoms with E-state index in [2.05, 4.69) is 20.3 Å². The van der Waals surface area contributed by atoms with Crippen LogP contribution < -0.4 is 11.1 Å². The molecule has 0 saturated heterocycles. The van der Waals surface area contributed by atoms with Gasteiger partial charge in [0.25, 0.3) is 5.91 Å². The molecule has 7 nitrogen and oxygen atoms in total. The van der Waals surface area contributed by atoms with Crippen LogP contribution in [-0.2, 0) is 4.79 Å². The van der Waals surface area contributed by atoms with Gasteiger partial charge in [-0.15, -0.1) is 0 Å². The Hall–Kier alpha value is -2.93. The number of rotatable bonds is 5. The second-order valence-electron chi connectivity index (χ2n) is 5.21. The summed E-state index contributed by atoms with van der Waals surface area (Å²) >= 11 is 5.88. The highest BCUT2D eigenvalue weighted by Crippen LogP contribution is 2.21. The average molecular weight is 344 g/mol. The number of carbonyl (C=O) groups excluding carboxylic acids is 2. The van der Waals surface area contributed by atoms with Crippen LogP contribution in [0.3, 0.4) is 0 Å². The van der Waals surface area contributed by atoms with Crippen molar-refractivity contribution in [3.8, 4) is 0 Å². The Kier molecular flexibility index (Phi) is 4.43. The van der Waals surface area contributed by atoms with Crippen molar-refractivity contribution in [3.63, 3.8) is 0 Å². The summed E-state index contributed by atoms with van der Waals surface area (Å²) in [6, 6.07) is 7.99. The average Bonchev–Trinajstić information content (AvgIpc) is 3.03. The predicted molar refractivity (Wildman–Crippen MR) is 89.4 cm³/mol. The molecule has 24 heavy (non-hydrogen) atoms. The lowest BCUT2D eigenvalue weighted by Crippen LogP contribution is -2.32. The summed E-state index contributed by atoms with van der Waals surface area (Å²) in [6.07, 6.45) is 2.95. The summed E-state index contributed by atoms with van der Waals surface area (Å²) in [6.45, 7) is 0. The molecule has 4 N–H and O–H groups in total. The normalized spacial score (nSPS) is 12.0. The molecule has 3 rings (SSSR count). The zero-order chi connectivity index (χ0) is 17.1. The number of nitrogens with two attached hydrogens (primary N) is 1. The van der Waals surface area contributed by atoms with E-state index in [1.807, 2.05) is 0 Å². The number of nitrogens with zero attached hydrogens (tertiary/aromatic N) is 2. The van der Waals surface area contributed by atoms with E-state index in [0.717, 1.165) is 5.56 Å². The Morgan fingerprint density at radius 3 is 2.67 bits per heavy atom. The van der Waals surface area contributed by atoms with Crippen LogP contribution in [0.4, 0.5) is 0 Å². The predicted octanol–water partition coefficient (Wildman–Crippen LogP) is 1.96. The molecule has 0 radical (unpaired) electrons. The fourth-order valence-corrected chi connectivity index (χ4v) is 2.55. The number of H-pyrrole nitrogens is 1. The zero-order valence-electron chi connectivity index (χ0n) is 12.5. The van der Waals surface area contributed by atoms with E-state index in [1.54, 1.807) is 36.5 Å². The summed E-state index contributed by atoms with van der Waals surface area (Å²) < 4.78 is 0. The van der Waals surface area contributed by atoms with Crippen molar-refractivity contribution in [1.82, 2.24) is 20.3 Å². The fraction of sp³-hybridized carbons (Fsp3) is 0.125. The van der Waals surface area contributed by atoms with Gasteiger partial charge in [0.15, 0.2) is 0 Å². The second kappa shape index (κ2) is 6.67. The number of carbonyl (C=O) groups is 2. The van der Waals surface area contributed by atoms with Crippen molar-refractivity contribution >= 4 is 34.4 Å². The molecule has 2 heterocycles. The molecule has 2 aromatic heterocycles. The first-order chi connectivity index (χ1) is 11.5. The minimum absolute atomic E-state index is 0.0330. The van der Waals surface area contributed by atoms with Crippen molar-refractivity contribution in [2.75, 3.05) is 0 Å². The van der Waals surface area contributed by atoms with Crippen LogP contribution in [-0.4, -0.2) is 26.8 Å². The first-order valence-electron chi connectivity index (χ1n) is 7.17. The lowest BCUT2D eigenvalue weighted by Gasteiger charge is -2.18. The first kappa shape index (κ1) is 15.9. The molecule has 0 fully saturated rings. The second-order valence-corrected chi connectivity index (χ2v) is 5.65. The van der Waals surface area contributed by atoms with Crippen molar-refractivity contribution in [3.05, 3.63) is 59.1 Å². The van der Waals surface area contributed by atoms with Crippen LogP contribution in [0.2, 0.25) is 5.02 Å². The molecule has 0 unspecified atom stereocenters. The van der Waals surface area contributed by atoms with Gasteiger partial charge < -0.3 is 16.0 Å². The Morgan fingerprint density at radius 2 is 1.96 bits per heavy atom. The minimum atomic E-state index is -0.573. The SMILES string of the molecule is NC(=O)C[C@H](NC(=O)c1ncnc2[nH]ccc12)c1ccc(Cl)cc1. The minimum Gasteiger partial charge on any atom is -0.370 e. The Labute approximate surface area is 142 Å². The highest BCUT2D eigenvalue weighted by molar-refractivity contribution is 6.30. The van der Waals surface area contributed by atoms with Gasteiger partial charge in [0, 0.05) is 11.2 Å². The molecular weight excluding hydrogens is 330 g/mol. The van der Waals surface area contributed by atoms with Crippen LogP contribution in [0, 0.1) is 0 Å². The number of aromatic amines is 1.